The summed E-state index contributed by atoms with van der Waals surface area (Å²) < 4.78 is 5.08. The molecule has 4 heteroatoms. The van der Waals surface area contributed by atoms with Crippen molar-refractivity contribution in [2.75, 3.05) is 7.11 Å². The third-order valence-electron chi connectivity index (χ3n) is 3.05. The molecule has 0 aliphatic carbocycles. The van der Waals surface area contributed by atoms with E-state index in [2.05, 4.69) is 19.2 Å². The Morgan fingerprint density at radius 3 is 2.67 bits per heavy atom. The molecular formula is C14H22ClNO2. The fourth-order valence-corrected chi connectivity index (χ4v) is 2.20. The van der Waals surface area contributed by atoms with Gasteiger partial charge in [-0.05, 0) is 18.9 Å². The van der Waals surface area contributed by atoms with Gasteiger partial charge in [-0.25, -0.2) is 0 Å². The third-order valence-corrected chi connectivity index (χ3v) is 3.27. The molecule has 0 bridgehead atoms. The molecule has 2 N–H and O–H groups in total. The van der Waals surface area contributed by atoms with Crippen LogP contribution in [-0.4, -0.2) is 18.3 Å². The third kappa shape index (κ3) is 4.07. The predicted molar refractivity (Wildman–Crippen MR) is 75.5 cm³/mol. The molecule has 0 saturated carbocycles. The highest BCUT2D eigenvalue weighted by Crippen LogP contribution is 2.33. The minimum Gasteiger partial charge on any atom is -0.504 e. The molecule has 0 fully saturated rings. The highest BCUT2D eigenvalue weighted by Gasteiger charge is 2.11. The molecular weight excluding hydrogens is 250 g/mol. The second-order valence-corrected chi connectivity index (χ2v) is 4.83. The van der Waals surface area contributed by atoms with Gasteiger partial charge >= 0.3 is 0 Å². The SMILES string of the molecule is CCCC(CC)NCc1cc(Cl)cc(OC)c1O. The number of phenols is 1. The standard InChI is InChI=1S/C14H22ClNO2/c1-4-6-12(5-2)16-9-10-7-11(15)8-13(18-3)14(10)17/h7-8,12,16-17H,4-6,9H2,1-3H3. The van der Waals surface area contributed by atoms with Crippen molar-refractivity contribution in [3.05, 3.63) is 22.7 Å². The van der Waals surface area contributed by atoms with Crippen LogP contribution < -0.4 is 10.1 Å². The van der Waals surface area contributed by atoms with Crippen LogP contribution in [0, 0.1) is 0 Å². The fraction of sp³-hybridized carbons (Fsp3) is 0.571. The number of methoxy groups -OCH3 is 1. The normalized spacial score (nSPS) is 12.4. The number of benzene rings is 1. The van der Waals surface area contributed by atoms with Crippen LogP contribution in [0.2, 0.25) is 5.02 Å². The van der Waals surface area contributed by atoms with Gasteiger partial charge < -0.3 is 15.2 Å². The number of rotatable bonds is 7. The highest BCUT2D eigenvalue weighted by molar-refractivity contribution is 6.30. The summed E-state index contributed by atoms with van der Waals surface area (Å²) in [4.78, 5) is 0. The van der Waals surface area contributed by atoms with Crippen molar-refractivity contribution in [3.63, 3.8) is 0 Å². The first-order chi connectivity index (χ1) is 8.62. The Bertz CT molecular complexity index is 382. The first kappa shape index (κ1) is 15.1. The molecule has 0 saturated heterocycles. The van der Waals surface area contributed by atoms with Crippen molar-refractivity contribution < 1.29 is 9.84 Å². The summed E-state index contributed by atoms with van der Waals surface area (Å²) in [5.41, 5.74) is 0.772. The van der Waals surface area contributed by atoms with E-state index in [4.69, 9.17) is 16.3 Å². The zero-order chi connectivity index (χ0) is 13.5. The zero-order valence-corrected chi connectivity index (χ0v) is 12.0. The minimum atomic E-state index is 0.167. The number of nitrogens with one attached hydrogen (secondary N) is 1. The summed E-state index contributed by atoms with van der Waals surface area (Å²) in [5.74, 6) is 0.587. The lowest BCUT2D eigenvalue weighted by Crippen LogP contribution is -2.27. The van der Waals surface area contributed by atoms with Gasteiger partial charge in [-0.3, -0.25) is 0 Å². The van der Waals surface area contributed by atoms with Gasteiger partial charge in [0.05, 0.1) is 7.11 Å². The molecule has 1 rings (SSSR count). The van der Waals surface area contributed by atoms with Crippen LogP contribution in [0.4, 0.5) is 0 Å². The minimum absolute atomic E-state index is 0.167. The summed E-state index contributed by atoms with van der Waals surface area (Å²) in [6.07, 6.45) is 3.36. The lowest BCUT2D eigenvalue weighted by Gasteiger charge is -2.17. The van der Waals surface area contributed by atoms with E-state index in [9.17, 15) is 5.11 Å². The summed E-state index contributed by atoms with van der Waals surface area (Å²) in [5, 5.41) is 14.0. The molecule has 3 nitrogen and oxygen atoms in total. The van der Waals surface area contributed by atoms with Crippen LogP contribution in [-0.2, 0) is 6.54 Å². The van der Waals surface area contributed by atoms with Gasteiger partial charge in [-0.2, -0.15) is 0 Å². The lowest BCUT2D eigenvalue weighted by molar-refractivity contribution is 0.367. The Morgan fingerprint density at radius 1 is 1.39 bits per heavy atom. The van der Waals surface area contributed by atoms with Crippen LogP contribution >= 0.6 is 11.6 Å². The van der Waals surface area contributed by atoms with Gasteiger partial charge in [-0.1, -0.05) is 31.9 Å². The maximum absolute atomic E-state index is 10.0. The Kier molecular flexibility index (Phi) is 6.30. The quantitative estimate of drug-likeness (QED) is 0.794. The summed E-state index contributed by atoms with van der Waals surface area (Å²) in [6.45, 7) is 4.93. The van der Waals surface area contributed by atoms with Gasteiger partial charge in [0.1, 0.15) is 0 Å². The first-order valence-electron chi connectivity index (χ1n) is 6.41. The fourth-order valence-electron chi connectivity index (χ4n) is 1.97. The number of phenolic OH excluding ortho intramolecular Hbond substituents is 1. The highest BCUT2D eigenvalue weighted by atomic mass is 35.5. The van der Waals surface area contributed by atoms with Crippen LogP contribution in [0.1, 0.15) is 38.7 Å². The molecule has 1 aromatic rings. The Hall–Kier alpha value is -0.930. The molecule has 1 unspecified atom stereocenters. The van der Waals surface area contributed by atoms with E-state index in [1.165, 1.54) is 7.11 Å². The van der Waals surface area contributed by atoms with Gasteiger partial charge in [0, 0.05) is 29.2 Å². The molecule has 1 aromatic carbocycles. The lowest BCUT2D eigenvalue weighted by atomic mass is 10.1. The van der Waals surface area contributed by atoms with Crippen LogP contribution in [0.15, 0.2) is 12.1 Å². The number of aromatic hydroxyl groups is 1. The van der Waals surface area contributed by atoms with Gasteiger partial charge in [0.25, 0.3) is 0 Å². The number of halogens is 1. The van der Waals surface area contributed by atoms with E-state index in [0.717, 1.165) is 24.8 Å². The maximum Gasteiger partial charge on any atom is 0.162 e. The molecule has 0 amide bonds. The van der Waals surface area contributed by atoms with E-state index < -0.39 is 0 Å². The second-order valence-electron chi connectivity index (χ2n) is 4.39. The average Bonchev–Trinajstić information content (AvgIpc) is 2.37. The molecule has 0 aliphatic rings. The molecule has 18 heavy (non-hydrogen) atoms. The smallest absolute Gasteiger partial charge is 0.162 e. The van der Waals surface area contributed by atoms with Crippen molar-refractivity contribution in [1.82, 2.24) is 5.32 Å². The van der Waals surface area contributed by atoms with E-state index >= 15 is 0 Å². The first-order valence-corrected chi connectivity index (χ1v) is 6.78. The van der Waals surface area contributed by atoms with Crippen molar-refractivity contribution in [2.45, 2.75) is 45.7 Å². The molecule has 0 heterocycles. The second kappa shape index (κ2) is 7.49. The average molecular weight is 272 g/mol. The molecule has 0 aliphatic heterocycles. The molecule has 0 aromatic heterocycles. The Balaban J connectivity index is 2.74. The summed E-state index contributed by atoms with van der Waals surface area (Å²) in [7, 11) is 1.52. The van der Waals surface area contributed by atoms with Crippen molar-refractivity contribution in [1.29, 1.82) is 0 Å². The maximum atomic E-state index is 10.0. The van der Waals surface area contributed by atoms with Crippen LogP contribution in [0.3, 0.4) is 0 Å². The Morgan fingerprint density at radius 2 is 2.11 bits per heavy atom. The number of ether oxygens (including phenoxy) is 1. The summed E-state index contributed by atoms with van der Waals surface area (Å²) >= 11 is 5.99. The monoisotopic (exact) mass is 271 g/mol. The Labute approximate surface area is 114 Å². The van der Waals surface area contributed by atoms with Gasteiger partial charge in [0.15, 0.2) is 11.5 Å². The van der Waals surface area contributed by atoms with Crippen molar-refractivity contribution in [3.8, 4) is 11.5 Å². The molecule has 0 radical (unpaired) electrons. The van der Waals surface area contributed by atoms with Crippen LogP contribution in [0.5, 0.6) is 11.5 Å². The molecule has 0 spiro atoms. The van der Waals surface area contributed by atoms with Crippen LogP contribution in [0.25, 0.3) is 0 Å². The molecule has 1 atom stereocenters. The van der Waals surface area contributed by atoms with E-state index in [1.807, 2.05) is 0 Å². The summed E-state index contributed by atoms with van der Waals surface area (Å²) in [6, 6.07) is 3.86. The van der Waals surface area contributed by atoms with Gasteiger partial charge in [-0.15, -0.1) is 0 Å². The topological polar surface area (TPSA) is 41.5 Å². The van der Waals surface area contributed by atoms with Crippen molar-refractivity contribution >= 4 is 11.6 Å². The number of hydrogen-bond donors (Lipinski definition) is 2. The van der Waals surface area contributed by atoms with Crippen molar-refractivity contribution in [2.24, 2.45) is 0 Å². The largest absolute Gasteiger partial charge is 0.504 e. The zero-order valence-electron chi connectivity index (χ0n) is 11.3. The van der Waals surface area contributed by atoms with E-state index in [-0.39, 0.29) is 5.75 Å². The van der Waals surface area contributed by atoms with E-state index in [1.54, 1.807) is 12.1 Å². The molecule has 102 valence electrons. The van der Waals surface area contributed by atoms with E-state index in [0.29, 0.717) is 23.4 Å². The predicted octanol–water partition coefficient (Wildman–Crippen LogP) is 3.72. The van der Waals surface area contributed by atoms with Gasteiger partial charge in [0.2, 0.25) is 0 Å². The number of hydrogen-bond acceptors (Lipinski definition) is 3.